The Balaban J connectivity index is 1.77. The monoisotopic (exact) mass is 338 g/mol. The average Bonchev–Trinajstić information content (AvgIpc) is 3.05. The van der Waals surface area contributed by atoms with Gasteiger partial charge in [0.1, 0.15) is 6.61 Å². The van der Waals surface area contributed by atoms with Crippen LogP contribution in [0.25, 0.3) is 10.1 Å². The lowest BCUT2D eigenvalue weighted by Gasteiger charge is -2.11. The Morgan fingerprint density at radius 2 is 1.83 bits per heavy atom. The van der Waals surface area contributed by atoms with E-state index in [1.165, 1.54) is 11.3 Å². The van der Waals surface area contributed by atoms with Crippen LogP contribution in [0.4, 0.5) is 0 Å². The third-order valence-corrected chi connectivity index (χ3v) is 5.27. The SMILES string of the molecule is C[C@H](CC(=O)c1cc2ccccc2s1)c1cccc(C(=O)CO)c1. The minimum Gasteiger partial charge on any atom is -0.388 e. The third kappa shape index (κ3) is 3.45. The molecule has 3 nitrogen and oxygen atoms in total. The van der Waals surface area contributed by atoms with Crippen LogP contribution in [-0.4, -0.2) is 23.3 Å². The predicted octanol–water partition coefficient (Wildman–Crippen LogP) is 4.45. The topological polar surface area (TPSA) is 54.4 Å². The summed E-state index contributed by atoms with van der Waals surface area (Å²) >= 11 is 1.52. The van der Waals surface area contributed by atoms with Crippen LogP contribution in [0.15, 0.2) is 54.6 Å². The highest BCUT2D eigenvalue weighted by Gasteiger charge is 2.16. The van der Waals surface area contributed by atoms with Gasteiger partial charge in [0, 0.05) is 16.7 Å². The maximum atomic E-state index is 12.6. The summed E-state index contributed by atoms with van der Waals surface area (Å²) in [6.07, 6.45) is 0.392. The normalized spacial score (nSPS) is 12.2. The zero-order chi connectivity index (χ0) is 17.1. The molecule has 0 fully saturated rings. The summed E-state index contributed by atoms with van der Waals surface area (Å²) in [5, 5.41) is 10.1. The third-order valence-electron chi connectivity index (χ3n) is 4.11. The predicted molar refractivity (Wildman–Crippen MR) is 97.0 cm³/mol. The number of ketones is 2. The van der Waals surface area contributed by atoms with Crippen LogP contribution in [0.2, 0.25) is 0 Å². The molecular weight excluding hydrogens is 320 g/mol. The minimum atomic E-state index is -0.501. The van der Waals surface area contributed by atoms with Gasteiger partial charge in [-0.25, -0.2) is 0 Å². The van der Waals surface area contributed by atoms with Gasteiger partial charge in [-0.1, -0.05) is 43.3 Å². The summed E-state index contributed by atoms with van der Waals surface area (Å²) in [4.78, 5) is 25.0. The summed E-state index contributed by atoms with van der Waals surface area (Å²) in [5.74, 6) is -0.184. The van der Waals surface area contributed by atoms with Crippen LogP contribution in [0, 0.1) is 0 Å². The van der Waals surface area contributed by atoms with Crippen LogP contribution < -0.4 is 0 Å². The zero-order valence-corrected chi connectivity index (χ0v) is 14.2. The number of rotatable bonds is 6. The first-order valence-electron chi connectivity index (χ1n) is 7.84. The highest BCUT2D eigenvalue weighted by Crippen LogP contribution is 2.29. The molecule has 0 radical (unpaired) electrons. The van der Waals surface area contributed by atoms with E-state index in [1.807, 2.05) is 43.3 Å². The van der Waals surface area contributed by atoms with E-state index in [2.05, 4.69) is 0 Å². The Labute approximate surface area is 144 Å². The van der Waals surface area contributed by atoms with Crippen molar-refractivity contribution in [2.75, 3.05) is 6.61 Å². The fourth-order valence-corrected chi connectivity index (χ4v) is 3.74. The molecule has 2 aromatic carbocycles. The van der Waals surface area contributed by atoms with E-state index in [9.17, 15) is 9.59 Å². The number of hydrogen-bond acceptors (Lipinski definition) is 4. The first-order chi connectivity index (χ1) is 11.6. The van der Waals surface area contributed by atoms with Gasteiger partial charge in [-0.05, 0) is 35.1 Å². The smallest absolute Gasteiger partial charge is 0.188 e. The van der Waals surface area contributed by atoms with Crippen LogP contribution >= 0.6 is 11.3 Å². The summed E-state index contributed by atoms with van der Waals surface area (Å²) in [6.45, 7) is 1.48. The Morgan fingerprint density at radius 1 is 1.04 bits per heavy atom. The molecule has 0 saturated carbocycles. The number of hydrogen-bond donors (Lipinski definition) is 1. The maximum absolute atomic E-state index is 12.6. The number of carbonyl (C=O) groups excluding carboxylic acids is 2. The lowest BCUT2D eigenvalue weighted by Crippen LogP contribution is -2.07. The molecule has 0 amide bonds. The van der Waals surface area contributed by atoms with Gasteiger partial charge in [0.25, 0.3) is 0 Å². The molecule has 0 spiro atoms. The average molecular weight is 338 g/mol. The lowest BCUT2D eigenvalue weighted by molar-refractivity contribution is 0.0903. The fraction of sp³-hybridized carbons (Fsp3) is 0.200. The summed E-state index contributed by atoms with van der Waals surface area (Å²) in [6, 6.07) is 17.1. The van der Waals surface area contributed by atoms with Crippen molar-refractivity contribution in [3.8, 4) is 0 Å². The zero-order valence-electron chi connectivity index (χ0n) is 13.4. The molecule has 122 valence electrons. The largest absolute Gasteiger partial charge is 0.388 e. The van der Waals surface area contributed by atoms with Crippen molar-refractivity contribution in [1.82, 2.24) is 0 Å². The van der Waals surface area contributed by atoms with Crippen molar-refractivity contribution in [3.05, 3.63) is 70.6 Å². The van der Waals surface area contributed by atoms with Crippen LogP contribution in [0.1, 0.15) is 44.9 Å². The fourth-order valence-electron chi connectivity index (χ4n) is 2.73. The molecule has 3 aromatic rings. The van der Waals surface area contributed by atoms with E-state index in [0.717, 1.165) is 20.5 Å². The number of aliphatic hydroxyl groups is 1. The van der Waals surface area contributed by atoms with Crippen LogP contribution in [-0.2, 0) is 0 Å². The number of fused-ring (bicyclic) bond motifs is 1. The van der Waals surface area contributed by atoms with Gasteiger partial charge < -0.3 is 5.11 Å². The summed E-state index contributed by atoms with van der Waals surface area (Å²) in [5.41, 5.74) is 1.42. The molecule has 0 aliphatic carbocycles. The number of thiophene rings is 1. The molecule has 3 rings (SSSR count). The Morgan fingerprint density at radius 3 is 2.58 bits per heavy atom. The Bertz CT molecular complexity index is 862. The number of Topliss-reactive ketones (excluding diaryl/α,β-unsaturated/α-hetero) is 2. The van der Waals surface area contributed by atoms with Crippen LogP contribution in [0.3, 0.4) is 0 Å². The molecule has 0 bridgehead atoms. The first kappa shape index (κ1) is 16.6. The highest BCUT2D eigenvalue weighted by molar-refractivity contribution is 7.20. The second kappa shape index (κ2) is 7.07. The summed E-state index contributed by atoms with van der Waals surface area (Å²) < 4.78 is 1.11. The Hall–Kier alpha value is -2.30. The van der Waals surface area contributed by atoms with Gasteiger partial charge in [0.2, 0.25) is 0 Å². The molecule has 1 atom stereocenters. The van der Waals surface area contributed by atoms with Crippen molar-refractivity contribution in [3.63, 3.8) is 0 Å². The molecule has 1 aromatic heterocycles. The molecule has 1 heterocycles. The van der Waals surface area contributed by atoms with E-state index in [1.54, 1.807) is 18.2 Å². The van der Waals surface area contributed by atoms with Gasteiger partial charge in [-0.3, -0.25) is 9.59 Å². The number of carbonyl (C=O) groups is 2. The first-order valence-corrected chi connectivity index (χ1v) is 8.66. The number of benzene rings is 2. The minimum absolute atomic E-state index is 0.00848. The van der Waals surface area contributed by atoms with E-state index in [4.69, 9.17) is 5.11 Å². The van der Waals surface area contributed by atoms with Crippen molar-refractivity contribution >= 4 is 33.0 Å². The molecule has 0 saturated heterocycles. The van der Waals surface area contributed by atoms with E-state index < -0.39 is 6.61 Å². The van der Waals surface area contributed by atoms with Crippen molar-refractivity contribution in [1.29, 1.82) is 0 Å². The maximum Gasteiger partial charge on any atom is 0.188 e. The number of aliphatic hydroxyl groups excluding tert-OH is 1. The molecule has 0 aliphatic heterocycles. The van der Waals surface area contributed by atoms with Crippen LogP contribution in [0.5, 0.6) is 0 Å². The quantitative estimate of drug-likeness (QED) is 0.676. The molecule has 24 heavy (non-hydrogen) atoms. The second-order valence-corrected chi connectivity index (χ2v) is 6.97. The van der Waals surface area contributed by atoms with Crippen molar-refractivity contribution < 1.29 is 14.7 Å². The van der Waals surface area contributed by atoms with Crippen molar-refractivity contribution in [2.24, 2.45) is 0 Å². The Kier molecular flexibility index (Phi) is 4.88. The molecular formula is C20H18O3S. The van der Waals surface area contributed by atoms with Gasteiger partial charge >= 0.3 is 0 Å². The molecule has 0 unspecified atom stereocenters. The van der Waals surface area contributed by atoms with Gasteiger partial charge in [0.15, 0.2) is 11.6 Å². The van der Waals surface area contributed by atoms with E-state index >= 15 is 0 Å². The molecule has 1 N–H and O–H groups in total. The van der Waals surface area contributed by atoms with Gasteiger partial charge in [-0.2, -0.15) is 0 Å². The summed E-state index contributed by atoms with van der Waals surface area (Å²) in [7, 11) is 0. The molecule has 4 heteroatoms. The molecule has 0 aliphatic rings. The van der Waals surface area contributed by atoms with E-state index in [-0.39, 0.29) is 17.5 Å². The standard InChI is InChI=1S/C20H18O3S/c1-13(14-6-4-7-15(10-14)18(23)12-21)9-17(22)20-11-16-5-2-3-8-19(16)24-20/h2-8,10-11,13,21H,9,12H2,1H3/t13-/m1/s1. The van der Waals surface area contributed by atoms with Crippen molar-refractivity contribution in [2.45, 2.75) is 19.3 Å². The second-order valence-electron chi connectivity index (χ2n) is 5.88. The van der Waals surface area contributed by atoms with Gasteiger partial charge in [-0.15, -0.1) is 11.3 Å². The lowest BCUT2D eigenvalue weighted by atomic mass is 9.93. The highest BCUT2D eigenvalue weighted by atomic mass is 32.1. The van der Waals surface area contributed by atoms with E-state index in [0.29, 0.717) is 12.0 Å². The van der Waals surface area contributed by atoms with Gasteiger partial charge in [0.05, 0.1) is 4.88 Å².